The van der Waals surface area contributed by atoms with Crippen LogP contribution in [0, 0.1) is 6.92 Å². The molecule has 0 amide bonds. The molecule has 2 nitrogen and oxygen atoms in total. The van der Waals surface area contributed by atoms with E-state index in [4.69, 9.17) is 4.11 Å². The van der Waals surface area contributed by atoms with Gasteiger partial charge in [-0.15, -0.1) is 0 Å². The Labute approximate surface area is 424 Å². The van der Waals surface area contributed by atoms with Crippen molar-refractivity contribution < 1.29 is 4.11 Å². The van der Waals surface area contributed by atoms with Crippen LogP contribution >= 0.6 is 0 Å². The highest BCUT2D eigenvalue weighted by Gasteiger charge is 2.51. The Balaban J connectivity index is 1.25. The third-order valence-electron chi connectivity index (χ3n) is 18.1. The Morgan fingerprint density at radius 3 is 1.40 bits per heavy atom. The fraction of sp³-hybridized carbons (Fsp3) is 0.373. The molecule has 0 saturated carbocycles. The highest BCUT2D eigenvalue weighted by atomic mass is 15.2. The zero-order valence-electron chi connectivity index (χ0n) is 47.1. The largest absolute Gasteiger partial charge is 0.311 e. The summed E-state index contributed by atoms with van der Waals surface area (Å²) in [5.74, 6) is 0. The van der Waals surface area contributed by atoms with E-state index in [2.05, 4.69) is 227 Å². The van der Waals surface area contributed by atoms with Crippen LogP contribution in [0.1, 0.15) is 164 Å². The predicted molar refractivity (Wildman–Crippen MR) is 302 cm³/mol. The Bertz CT molecular complexity index is 3450. The molecule has 7 aromatic rings. The molecule has 0 fully saturated rings. The van der Waals surface area contributed by atoms with Crippen LogP contribution < -0.4 is 26.2 Å². The van der Waals surface area contributed by atoms with Crippen LogP contribution in [0.2, 0.25) is 0 Å². The van der Waals surface area contributed by atoms with E-state index in [-0.39, 0.29) is 45.6 Å². The number of rotatable bonds is 5. The van der Waals surface area contributed by atoms with Gasteiger partial charge in [0.15, 0.2) is 0 Å². The summed E-state index contributed by atoms with van der Waals surface area (Å²) in [6.07, 6.45) is 4.31. The molecule has 0 spiro atoms. The van der Waals surface area contributed by atoms with Gasteiger partial charge in [-0.05, 0) is 192 Å². The van der Waals surface area contributed by atoms with Crippen molar-refractivity contribution in [3.63, 3.8) is 0 Å². The van der Waals surface area contributed by atoms with Gasteiger partial charge in [-0.2, -0.15) is 0 Å². The summed E-state index contributed by atoms with van der Waals surface area (Å²) < 4.78 is 26.6. The average molecular weight is 920 g/mol. The maximum Gasteiger partial charge on any atom is 0.252 e. The first-order valence-corrected chi connectivity index (χ1v) is 26.2. The van der Waals surface area contributed by atoms with Crippen LogP contribution in [0.4, 0.5) is 34.1 Å². The molecule has 70 heavy (non-hydrogen) atoms. The molecule has 0 saturated heterocycles. The number of aryl methyl sites for hydroxylation is 2. The summed E-state index contributed by atoms with van der Waals surface area (Å²) in [4.78, 5) is 5.16. The van der Waals surface area contributed by atoms with Gasteiger partial charge < -0.3 is 9.80 Å². The molecule has 354 valence electrons. The number of hydrogen-bond donors (Lipinski definition) is 0. The van der Waals surface area contributed by atoms with Gasteiger partial charge in [0.25, 0.3) is 6.71 Å². The number of hydrogen-bond acceptors (Lipinski definition) is 2. The lowest BCUT2D eigenvalue weighted by Gasteiger charge is -2.48. The van der Waals surface area contributed by atoms with E-state index < -0.39 is 6.85 Å². The summed E-state index contributed by atoms with van der Waals surface area (Å²) in [5, 5.41) is 0. The fourth-order valence-electron chi connectivity index (χ4n) is 14.9. The first-order valence-electron chi connectivity index (χ1n) is 27.7. The van der Waals surface area contributed by atoms with Crippen LogP contribution in [0.3, 0.4) is 0 Å². The molecule has 2 aliphatic heterocycles. The first-order chi connectivity index (χ1) is 34.2. The van der Waals surface area contributed by atoms with Gasteiger partial charge in [0.1, 0.15) is 0 Å². The Hall–Kier alpha value is -5.80. The van der Waals surface area contributed by atoms with Crippen molar-refractivity contribution in [2.45, 2.75) is 161 Å². The lowest BCUT2D eigenvalue weighted by Crippen LogP contribution is -2.62. The van der Waals surface area contributed by atoms with Crippen LogP contribution in [0.15, 0.2) is 127 Å². The summed E-state index contributed by atoms with van der Waals surface area (Å²) >= 11 is 0. The summed E-state index contributed by atoms with van der Waals surface area (Å²) in [6.45, 7) is 29.2. The van der Waals surface area contributed by atoms with E-state index in [0.717, 1.165) is 65.0 Å². The molecule has 0 aromatic heterocycles. The molecule has 0 unspecified atom stereocenters. The number of benzene rings is 7. The first kappa shape index (κ1) is 41.9. The minimum absolute atomic E-state index is 0.0237. The Morgan fingerprint density at radius 1 is 0.429 bits per heavy atom. The lowest BCUT2D eigenvalue weighted by atomic mass is 9.32. The molecule has 2 heterocycles. The minimum Gasteiger partial charge on any atom is -0.311 e. The van der Waals surface area contributed by atoms with Crippen molar-refractivity contribution >= 4 is 57.2 Å². The zero-order valence-corrected chi connectivity index (χ0v) is 44.1. The Morgan fingerprint density at radius 2 is 0.871 bits per heavy atom. The van der Waals surface area contributed by atoms with Gasteiger partial charge in [0.2, 0.25) is 0 Å². The molecule has 3 aliphatic carbocycles. The summed E-state index contributed by atoms with van der Waals surface area (Å²) in [5.41, 5.74) is 25.8. The summed E-state index contributed by atoms with van der Waals surface area (Å²) in [6, 6.07) is 48.6. The van der Waals surface area contributed by atoms with Gasteiger partial charge in [-0.1, -0.05) is 175 Å². The second-order valence-corrected chi connectivity index (χ2v) is 26.0. The third kappa shape index (κ3) is 6.58. The van der Waals surface area contributed by atoms with Crippen molar-refractivity contribution in [2.24, 2.45) is 0 Å². The van der Waals surface area contributed by atoms with Crippen molar-refractivity contribution in [3.05, 3.63) is 172 Å². The second kappa shape index (κ2) is 14.9. The lowest BCUT2D eigenvalue weighted by molar-refractivity contribution is 0.332. The smallest absolute Gasteiger partial charge is 0.252 e. The van der Waals surface area contributed by atoms with E-state index in [1.165, 1.54) is 78.0 Å². The normalized spacial score (nSPS) is 20.5. The van der Waals surface area contributed by atoms with E-state index in [1.807, 2.05) is 0 Å². The van der Waals surface area contributed by atoms with Crippen molar-refractivity contribution in [3.8, 4) is 22.3 Å². The fourth-order valence-corrected chi connectivity index (χ4v) is 14.9. The highest BCUT2D eigenvalue weighted by Crippen LogP contribution is 2.57. The monoisotopic (exact) mass is 920 g/mol. The number of anilines is 6. The zero-order chi connectivity index (χ0) is 51.7. The summed E-state index contributed by atoms with van der Waals surface area (Å²) in [7, 11) is 0. The van der Waals surface area contributed by atoms with Gasteiger partial charge in [-0.25, -0.2) is 0 Å². The third-order valence-corrected chi connectivity index (χ3v) is 18.1. The molecular weight excluding hydrogens is 844 g/mol. The van der Waals surface area contributed by atoms with Crippen molar-refractivity contribution in [1.82, 2.24) is 0 Å². The predicted octanol–water partition coefficient (Wildman–Crippen LogP) is 16.2. The van der Waals surface area contributed by atoms with Crippen LogP contribution in [0.5, 0.6) is 0 Å². The van der Waals surface area contributed by atoms with Crippen LogP contribution in [0.25, 0.3) is 22.3 Å². The minimum atomic E-state index is -2.19. The molecule has 12 rings (SSSR count). The van der Waals surface area contributed by atoms with Crippen LogP contribution in [-0.2, 0) is 38.9 Å². The van der Waals surface area contributed by atoms with Crippen LogP contribution in [-0.4, -0.2) is 6.71 Å². The van der Waals surface area contributed by atoms with Gasteiger partial charge in [0.05, 0.1) is 5.69 Å². The Kier molecular flexibility index (Phi) is 8.91. The van der Waals surface area contributed by atoms with Gasteiger partial charge >= 0.3 is 0 Å². The van der Waals surface area contributed by atoms with E-state index in [0.29, 0.717) is 0 Å². The van der Waals surface area contributed by atoms with Gasteiger partial charge in [0, 0.05) is 38.1 Å². The van der Waals surface area contributed by atoms with E-state index in [1.54, 1.807) is 0 Å². The molecule has 7 aromatic carbocycles. The second-order valence-electron chi connectivity index (χ2n) is 26.0. The standard InChI is InChI=1S/C67H73BN2/c1-15-42-31-59-61-60(32-42)70(56-36-51-47(30-41(56)2)64(7,8)39-66(51,11)12)58-38-52-49(65(9,10)40-67(52,13)14)35-54(58)68(61)53-34-48-50(63(5,6)29-28-62(48,3)4)37-57(53)69(59)55-27-26-45(43-22-18-16-19-23-43)33-46(55)44-24-20-17-21-25-44/h16-27,30-38H,15,28-29,39-40H2,1-14H3/i1D3. The molecular formula is C67H73BN2. The van der Waals surface area contributed by atoms with Crippen molar-refractivity contribution in [2.75, 3.05) is 9.80 Å². The quantitative estimate of drug-likeness (QED) is 0.159. The topological polar surface area (TPSA) is 6.48 Å². The molecule has 3 heteroatoms. The number of nitrogens with zero attached hydrogens (tertiary/aromatic N) is 2. The molecule has 5 aliphatic rings. The molecule has 0 N–H and O–H groups in total. The maximum atomic E-state index is 8.86. The maximum absolute atomic E-state index is 8.86. The molecule has 0 bridgehead atoms. The highest BCUT2D eigenvalue weighted by molar-refractivity contribution is 7.00. The van der Waals surface area contributed by atoms with E-state index >= 15 is 0 Å². The SMILES string of the molecule is [2H]C([2H])([2H])Cc1cc2c3c(c1)N(c1ccc(-c4ccccc4)cc1-c1ccccc1)c1cc4c(cc1B3c1cc3c(cc1N2c1cc2c(cc1C)C(C)(C)CC2(C)C)C(C)(C)CC3(C)C)C(C)(C)CCC4(C)C. The molecule has 0 radical (unpaired) electrons. The van der Waals surface area contributed by atoms with E-state index in [9.17, 15) is 0 Å². The average Bonchev–Trinajstić information content (AvgIpc) is 3.62. The molecule has 0 atom stereocenters. The van der Waals surface area contributed by atoms with Gasteiger partial charge in [-0.3, -0.25) is 0 Å². The van der Waals surface area contributed by atoms with Crippen molar-refractivity contribution in [1.29, 1.82) is 0 Å². The number of fused-ring (bicyclic) bond motifs is 7.